The molecule has 1 aliphatic heterocycles. The van der Waals surface area contributed by atoms with E-state index in [0.29, 0.717) is 6.61 Å². The van der Waals surface area contributed by atoms with E-state index in [2.05, 4.69) is 4.84 Å². The number of hydrogen-bond acceptors (Lipinski definition) is 5. The van der Waals surface area contributed by atoms with Crippen molar-refractivity contribution < 1.29 is 19.4 Å². The minimum atomic E-state index is -0.800. The average molecular weight is 191 g/mol. The Labute approximate surface area is 75.9 Å². The Morgan fingerprint density at radius 2 is 2.54 bits per heavy atom. The molecule has 1 unspecified atom stereocenters. The van der Waals surface area contributed by atoms with Crippen molar-refractivity contribution in [2.45, 2.75) is 25.0 Å². The van der Waals surface area contributed by atoms with E-state index in [-0.39, 0.29) is 12.7 Å². The summed E-state index contributed by atoms with van der Waals surface area (Å²) in [6.07, 6.45) is 0.918. The SMILES string of the molecule is COCC(O[N+](=O)[O-])[C@@H]1CCCO1. The summed E-state index contributed by atoms with van der Waals surface area (Å²) in [7, 11) is 1.48. The lowest BCUT2D eigenvalue weighted by Crippen LogP contribution is -2.34. The largest absolute Gasteiger partial charge is 0.382 e. The maximum Gasteiger partial charge on any atom is 0.294 e. The predicted octanol–water partition coefficient (Wildman–Crippen LogP) is 0.389. The van der Waals surface area contributed by atoms with Gasteiger partial charge in [0, 0.05) is 13.7 Å². The monoisotopic (exact) mass is 191 g/mol. The molecule has 0 aliphatic carbocycles. The van der Waals surface area contributed by atoms with Gasteiger partial charge in [0.2, 0.25) is 0 Å². The summed E-state index contributed by atoms with van der Waals surface area (Å²) < 4.78 is 10.1. The van der Waals surface area contributed by atoms with Crippen LogP contribution in [0.4, 0.5) is 0 Å². The number of ether oxygens (including phenoxy) is 2. The molecule has 0 aromatic rings. The van der Waals surface area contributed by atoms with Crippen LogP contribution in [0.2, 0.25) is 0 Å². The van der Waals surface area contributed by atoms with Gasteiger partial charge in [0.15, 0.2) is 6.10 Å². The highest BCUT2D eigenvalue weighted by molar-refractivity contribution is 4.73. The van der Waals surface area contributed by atoms with E-state index >= 15 is 0 Å². The molecule has 13 heavy (non-hydrogen) atoms. The summed E-state index contributed by atoms with van der Waals surface area (Å²) in [6, 6.07) is 0. The minimum absolute atomic E-state index is 0.186. The maximum absolute atomic E-state index is 10.1. The molecule has 1 fully saturated rings. The summed E-state index contributed by atoms with van der Waals surface area (Å²) in [5.74, 6) is 0. The van der Waals surface area contributed by atoms with Crippen molar-refractivity contribution in [3.63, 3.8) is 0 Å². The van der Waals surface area contributed by atoms with E-state index in [9.17, 15) is 10.1 Å². The second-order valence-corrected chi connectivity index (χ2v) is 2.87. The minimum Gasteiger partial charge on any atom is -0.382 e. The van der Waals surface area contributed by atoms with Crippen LogP contribution in [0.25, 0.3) is 0 Å². The summed E-state index contributed by atoms with van der Waals surface area (Å²) in [5.41, 5.74) is 0. The van der Waals surface area contributed by atoms with E-state index in [1.807, 2.05) is 0 Å². The van der Waals surface area contributed by atoms with Gasteiger partial charge in [-0.3, -0.25) is 0 Å². The van der Waals surface area contributed by atoms with Gasteiger partial charge in [0.1, 0.15) is 0 Å². The van der Waals surface area contributed by atoms with Crippen LogP contribution < -0.4 is 0 Å². The summed E-state index contributed by atoms with van der Waals surface area (Å²) in [4.78, 5) is 14.6. The van der Waals surface area contributed by atoms with Crippen molar-refractivity contribution in [2.24, 2.45) is 0 Å². The van der Waals surface area contributed by atoms with Gasteiger partial charge in [0.25, 0.3) is 5.09 Å². The van der Waals surface area contributed by atoms with Gasteiger partial charge >= 0.3 is 0 Å². The number of nitrogens with zero attached hydrogens (tertiary/aromatic N) is 1. The van der Waals surface area contributed by atoms with Gasteiger partial charge in [0.05, 0.1) is 12.7 Å². The molecule has 6 nitrogen and oxygen atoms in total. The van der Waals surface area contributed by atoms with Crippen LogP contribution in [0.5, 0.6) is 0 Å². The first-order chi connectivity index (χ1) is 6.24. The van der Waals surface area contributed by atoms with E-state index < -0.39 is 11.2 Å². The molecular formula is C7H13NO5. The van der Waals surface area contributed by atoms with E-state index in [1.54, 1.807) is 0 Å². The van der Waals surface area contributed by atoms with Crippen molar-refractivity contribution in [1.29, 1.82) is 0 Å². The average Bonchev–Trinajstić information content (AvgIpc) is 2.54. The molecule has 76 valence electrons. The normalized spacial score (nSPS) is 24.2. The smallest absolute Gasteiger partial charge is 0.294 e. The zero-order valence-electron chi connectivity index (χ0n) is 7.47. The van der Waals surface area contributed by atoms with Crippen LogP contribution in [-0.4, -0.2) is 37.6 Å². The Morgan fingerprint density at radius 1 is 1.77 bits per heavy atom. The second kappa shape index (κ2) is 4.98. The molecule has 2 atom stereocenters. The zero-order valence-corrected chi connectivity index (χ0v) is 7.47. The molecule has 0 radical (unpaired) electrons. The first-order valence-corrected chi connectivity index (χ1v) is 4.15. The number of hydrogen-bond donors (Lipinski definition) is 0. The molecule has 0 spiro atoms. The van der Waals surface area contributed by atoms with Crippen LogP contribution >= 0.6 is 0 Å². The Morgan fingerprint density at radius 3 is 3.00 bits per heavy atom. The van der Waals surface area contributed by atoms with Crippen molar-refractivity contribution in [3.8, 4) is 0 Å². The van der Waals surface area contributed by atoms with Crippen LogP contribution in [-0.2, 0) is 14.3 Å². The van der Waals surface area contributed by atoms with Crippen LogP contribution in [0.1, 0.15) is 12.8 Å². The lowest BCUT2D eigenvalue weighted by atomic mass is 10.1. The molecule has 0 aromatic heterocycles. The lowest BCUT2D eigenvalue weighted by molar-refractivity contribution is -0.771. The van der Waals surface area contributed by atoms with Crippen molar-refractivity contribution >= 4 is 0 Å². The zero-order chi connectivity index (χ0) is 9.68. The standard InChI is InChI=1S/C7H13NO5/c1-11-5-7(13-8(9)10)6-3-2-4-12-6/h6-7H,2-5H2,1H3/t6-,7?/m0/s1. The van der Waals surface area contributed by atoms with Gasteiger partial charge in [-0.25, -0.2) is 0 Å². The fraction of sp³-hybridized carbons (Fsp3) is 1.00. The molecule has 0 bridgehead atoms. The van der Waals surface area contributed by atoms with Gasteiger partial charge in [-0.05, 0) is 12.8 Å². The molecule has 1 aliphatic rings. The van der Waals surface area contributed by atoms with Crippen LogP contribution in [0, 0.1) is 10.1 Å². The maximum atomic E-state index is 10.1. The fourth-order valence-corrected chi connectivity index (χ4v) is 1.38. The number of rotatable bonds is 5. The first-order valence-electron chi connectivity index (χ1n) is 4.15. The van der Waals surface area contributed by atoms with Crippen molar-refractivity contribution in [3.05, 3.63) is 10.1 Å². The molecule has 1 heterocycles. The van der Waals surface area contributed by atoms with Crippen molar-refractivity contribution in [2.75, 3.05) is 20.3 Å². The molecule has 0 aromatic carbocycles. The molecular weight excluding hydrogens is 178 g/mol. The van der Waals surface area contributed by atoms with E-state index in [1.165, 1.54) is 7.11 Å². The molecule has 0 N–H and O–H groups in total. The van der Waals surface area contributed by atoms with Gasteiger partial charge in [-0.1, -0.05) is 0 Å². The molecule has 1 saturated heterocycles. The Hall–Kier alpha value is -0.880. The summed E-state index contributed by atoms with van der Waals surface area (Å²) in [6.45, 7) is 0.831. The van der Waals surface area contributed by atoms with Gasteiger partial charge < -0.3 is 14.3 Å². The van der Waals surface area contributed by atoms with Gasteiger partial charge in [-0.2, -0.15) is 0 Å². The number of methoxy groups -OCH3 is 1. The first kappa shape index (κ1) is 10.2. The van der Waals surface area contributed by atoms with Crippen molar-refractivity contribution in [1.82, 2.24) is 0 Å². The third kappa shape index (κ3) is 3.16. The van der Waals surface area contributed by atoms with Crippen LogP contribution in [0.3, 0.4) is 0 Å². The highest BCUT2D eigenvalue weighted by atomic mass is 17.0. The molecule has 0 saturated carbocycles. The third-order valence-corrected chi connectivity index (χ3v) is 1.93. The van der Waals surface area contributed by atoms with Gasteiger partial charge in [-0.15, -0.1) is 10.1 Å². The highest BCUT2D eigenvalue weighted by Gasteiger charge is 2.28. The Bertz CT molecular complexity index is 168. The van der Waals surface area contributed by atoms with Crippen LogP contribution in [0.15, 0.2) is 0 Å². The fourth-order valence-electron chi connectivity index (χ4n) is 1.38. The Kier molecular flexibility index (Phi) is 3.91. The van der Waals surface area contributed by atoms with E-state index in [4.69, 9.17) is 9.47 Å². The molecule has 6 heteroatoms. The predicted molar refractivity (Wildman–Crippen MR) is 42.7 cm³/mol. The quantitative estimate of drug-likeness (QED) is 0.464. The summed E-state index contributed by atoms with van der Waals surface area (Å²) in [5, 5.41) is 9.31. The second-order valence-electron chi connectivity index (χ2n) is 2.87. The summed E-state index contributed by atoms with van der Waals surface area (Å²) >= 11 is 0. The van der Waals surface area contributed by atoms with E-state index in [0.717, 1.165) is 12.8 Å². The lowest BCUT2D eigenvalue weighted by Gasteiger charge is -2.19. The molecule has 0 amide bonds. The third-order valence-electron chi connectivity index (χ3n) is 1.93. The topological polar surface area (TPSA) is 70.8 Å². The highest BCUT2D eigenvalue weighted by Crippen LogP contribution is 2.18. The molecule has 1 rings (SSSR count). The Balaban J connectivity index is 2.39.